The number of carbonyl (C=O) groups excluding carboxylic acids is 4. The largest absolute Gasteiger partial charge is 0.445 e. The summed E-state index contributed by atoms with van der Waals surface area (Å²) < 4.78 is 10.5. The Morgan fingerprint density at radius 2 is 1.28 bits per heavy atom. The van der Waals surface area contributed by atoms with Crippen LogP contribution in [0.4, 0.5) is 15.3 Å². The van der Waals surface area contributed by atoms with E-state index in [0.717, 1.165) is 11.1 Å². The number of unbranched alkanes of at least 4 members (excludes halogenated alkanes) is 1. The molecule has 0 aliphatic carbocycles. The molecule has 1 atom stereocenters. The van der Waals surface area contributed by atoms with Crippen LogP contribution in [0.1, 0.15) is 47.7 Å². The normalized spacial score (nSPS) is 11.1. The number of ketones is 1. The number of alkyl carbamates (subject to hydrolysis) is 2. The van der Waals surface area contributed by atoms with Crippen molar-refractivity contribution in [2.45, 2.75) is 45.4 Å². The molecule has 0 unspecified atom stereocenters. The Balaban J connectivity index is 1.48. The maximum atomic E-state index is 13.0. The fraction of sp³-hybridized carbons (Fsp3) is 0.267. The van der Waals surface area contributed by atoms with E-state index in [1.807, 2.05) is 60.7 Å². The summed E-state index contributed by atoms with van der Waals surface area (Å²) in [6, 6.07) is 24.2. The maximum absolute atomic E-state index is 13.0. The van der Waals surface area contributed by atoms with Crippen molar-refractivity contribution < 1.29 is 28.7 Å². The van der Waals surface area contributed by atoms with Gasteiger partial charge in [0.1, 0.15) is 19.3 Å². The van der Waals surface area contributed by atoms with Gasteiger partial charge in [0.05, 0.1) is 0 Å². The first-order valence-corrected chi connectivity index (χ1v) is 12.7. The van der Waals surface area contributed by atoms with Gasteiger partial charge in [-0.05, 0) is 61.6 Å². The molecule has 3 aromatic rings. The zero-order valence-electron chi connectivity index (χ0n) is 21.9. The Labute approximate surface area is 227 Å². The summed E-state index contributed by atoms with van der Waals surface area (Å²) in [4.78, 5) is 48.9. The summed E-state index contributed by atoms with van der Waals surface area (Å²) in [5, 5.41) is 8.09. The zero-order chi connectivity index (χ0) is 27.9. The van der Waals surface area contributed by atoms with Crippen molar-refractivity contribution in [2.75, 3.05) is 11.9 Å². The molecule has 0 spiro atoms. The number of anilines is 1. The standard InChI is InChI=1S/C30H33N3O6/c1-22(34)25-15-17-26(18-16-25)32-28(35)27(33-30(37)39-21-24-12-6-3-7-13-24)14-8-9-19-31-29(36)38-20-23-10-4-2-5-11-23/h2-7,10-13,15-18,27H,8-9,14,19-21H2,1H3,(H,31,36)(H,32,35)(H,33,37)/t27-/m0/s1. The number of carbonyl (C=O) groups is 4. The number of nitrogens with one attached hydrogen (secondary N) is 3. The molecule has 3 aromatic carbocycles. The lowest BCUT2D eigenvalue weighted by Crippen LogP contribution is -2.44. The summed E-state index contributed by atoms with van der Waals surface area (Å²) >= 11 is 0. The van der Waals surface area contributed by atoms with Crippen molar-refractivity contribution in [2.24, 2.45) is 0 Å². The number of ether oxygens (including phenoxy) is 2. The summed E-state index contributed by atoms with van der Waals surface area (Å²) in [7, 11) is 0. The monoisotopic (exact) mass is 531 g/mol. The maximum Gasteiger partial charge on any atom is 0.408 e. The van der Waals surface area contributed by atoms with E-state index < -0.39 is 24.1 Å². The van der Waals surface area contributed by atoms with Crippen LogP contribution in [0.3, 0.4) is 0 Å². The second-order valence-electron chi connectivity index (χ2n) is 8.87. The molecule has 3 amide bonds. The first kappa shape index (κ1) is 28.9. The van der Waals surface area contributed by atoms with Crippen molar-refractivity contribution in [3.05, 3.63) is 102 Å². The second kappa shape index (κ2) is 15.6. The predicted molar refractivity (Wildman–Crippen MR) is 147 cm³/mol. The van der Waals surface area contributed by atoms with E-state index in [2.05, 4.69) is 16.0 Å². The minimum Gasteiger partial charge on any atom is -0.445 e. The molecule has 3 N–H and O–H groups in total. The molecular weight excluding hydrogens is 498 g/mol. The number of hydrogen-bond donors (Lipinski definition) is 3. The lowest BCUT2D eigenvalue weighted by molar-refractivity contribution is -0.118. The highest BCUT2D eigenvalue weighted by molar-refractivity contribution is 5.98. The van der Waals surface area contributed by atoms with Gasteiger partial charge >= 0.3 is 12.2 Å². The first-order chi connectivity index (χ1) is 18.9. The van der Waals surface area contributed by atoms with Crippen LogP contribution in [-0.4, -0.2) is 36.5 Å². The highest BCUT2D eigenvalue weighted by Crippen LogP contribution is 2.12. The molecule has 0 saturated heterocycles. The van der Waals surface area contributed by atoms with Crippen LogP contribution in [0.5, 0.6) is 0 Å². The third-order valence-electron chi connectivity index (χ3n) is 5.78. The fourth-order valence-electron chi connectivity index (χ4n) is 3.63. The fourth-order valence-corrected chi connectivity index (χ4v) is 3.63. The Hall–Kier alpha value is -4.66. The van der Waals surface area contributed by atoms with E-state index in [1.165, 1.54) is 6.92 Å². The van der Waals surface area contributed by atoms with Gasteiger partial charge in [0, 0.05) is 17.8 Å². The van der Waals surface area contributed by atoms with Gasteiger partial charge in [0.2, 0.25) is 5.91 Å². The molecular formula is C30H33N3O6. The van der Waals surface area contributed by atoms with Crippen LogP contribution in [0, 0.1) is 0 Å². The van der Waals surface area contributed by atoms with Crippen molar-refractivity contribution >= 4 is 29.6 Å². The molecule has 0 saturated carbocycles. The smallest absolute Gasteiger partial charge is 0.408 e. The third-order valence-corrected chi connectivity index (χ3v) is 5.78. The molecule has 0 heterocycles. The van der Waals surface area contributed by atoms with E-state index in [-0.39, 0.29) is 19.0 Å². The molecule has 9 nitrogen and oxygen atoms in total. The molecule has 0 radical (unpaired) electrons. The average molecular weight is 532 g/mol. The zero-order valence-corrected chi connectivity index (χ0v) is 21.9. The molecule has 204 valence electrons. The quantitative estimate of drug-likeness (QED) is 0.205. The Bertz CT molecular complexity index is 1220. The number of hydrogen-bond acceptors (Lipinski definition) is 6. The molecule has 0 bridgehead atoms. The lowest BCUT2D eigenvalue weighted by atomic mass is 10.1. The summed E-state index contributed by atoms with van der Waals surface area (Å²) in [6.45, 7) is 2.07. The van der Waals surface area contributed by atoms with E-state index in [9.17, 15) is 19.2 Å². The summed E-state index contributed by atoms with van der Waals surface area (Å²) in [6.07, 6.45) is 0.189. The van der Waals surface area contributed by atoms with E-state index in [0.29, 0.717) is 37.1 Å². The van der Waals surface area contributed by atoms with Crippen molar-refractivity contribution in [3.8, 4) is 0 Å². The highest BCUT2D eigenvalue weighted by Gasteiger charge is 2.21. The van der Waals surface area contributed by atoms with Gasteiger partial charge in [0.15, 0.2) is 5.78 Å². The van der Waals surface area contributed by atoms with Crippen molar-refractivity contribution in [1.82, 2.24) is 10.6 Å². The Kier molecular flexibility index (Phi) is 11.5. The highest BCUT2D eigenvalue weighted by atomic mass is 16.6. The summed E-state index contributed by atoms with van der Waals surface area (Å²) in [5.74, 6) is -0.497. The SMILES string of the molecule is CC(=O)c1ccc(NC(=O)[C@H](CCCCNC(=O)OCc2ccccc2)NC(=O)OCc2ccccc2)cc1. The van der Waals surface area contributed by atoms with E-state index in [1.54, 1.807) is 24.3 Å². The molecule has 0 aliphatic heterocycles. The Morgan fingerprint density at radius 1 is 0.718 bits per heavy atom. The van der Waals surface area contributed by atoms with Crippen LogP contribution in [0.25, 0.3) is 0 Å². The number of Topliss-reactive ketones (excluding diaryl/α,β-unsaturated/α-hetero) is 1. The molecule has 3 rings (SSSR count). The van der Waals surface area contributed by atoms with Gasteiger partial charge in [-0.15, -0.1) is 0 Å². The van der Waals surface area contributed by atoms with E-state index in [4.69, 9.17) is 9.47 Å². The second-order valence-corrected chi connectivity index (χ2v) is 8.87. The van der Waals surface area contributed by atoms with E-state index >= 15 is 0 Å². The van der Waals surface area contributed by atoms with Crippen LogP contribution in [0.15, 0.2) is 84.9 Å². The van der Waals surface area contributed by atoms with Gasteiger partial charge in [-0.1, -0.05) is 60.7 Å². The first-order valence-electron chi connectivity index (χ1n) is 12.7. The van der Waals surface area contributed by atoms with Crippen LogP contribution in [-0.2, 0) is 27.5 Å². The molecule has 0 aliphatic rings. The van der Waals surface area contributed by atoms with Gasteiger partial charge in [-0.2, -0.15) is 0 Å². The summed E-state index contributed by atoms with van der Waals surface area (Å²) in [5.41, 5.74) is 2.74. The van der Waals surface area contributed by atoms with Crippen LogP contribution >= 0.6 is 0 Å². The number of amides is 3. The molecule has 0 fully saturated rings. The number of rotatable bonds is 13. The van der Waals surface area contributed by atoms with Gasteiger partial charge in [-0.25, -0.2) is 9.59 Å². The van der Waals surface area contributed by atoms with Crippen molar-refractivity contribution in [3.63, 3.8) is 0 Å². The van der Waals surface area contributed by atoms with Gasteiger partial charge in [-0.3, -0.25) is 9.59 Å². The van der Waals surface area contributed by atoms with Crippen molar-refractivity contribution in [1.29, 1.82) is 0 Å². The topological polar surface area (TPSA) is 123 Å². The van der Waals surface area contributed by atoms with Gasteiger partial charge < -0.3 is 25.4 Å². The molecule has 9 heteroatoms. The average Bonchev–Trinajstić information content (AvgIpc) is 2.95. The molecule has 0 aromatic heterocycles. The van der Waals surface area contributed by atoms with Crippen LogP contribution < -0.4 is 16.0 Å². The third kappa shape index (κ3) is 10.7. The minimum atomic E-state index is -0.870. The van der Waals surface area contributed by atoms with Gasteiger partial charge in [0.25, 0.3) is 0 Å². The molecule has 39 heavy (non-hydrogen) atoms. The minimum absolute atomic E-state index is 0.0720. The predicted octanol–water partition coefficient (Wildman–Crippen LogP) is 5.22. The van der Waals surface area contributed by atoms with Crippen LogP contribution in [0.2, 0.25) is 0 Å². The number of benzene rings is 3. The lowest BCUT2D eigenvalue weighted by Gasteiger charge is -2.18. The Morgan fingerprint density at radius 3 is 1.85 bits per heavy atom.